The first-order valence-corrected chi connectivity index (χ1v) is 6.58. The molecule has 0 aliphatic carbocycles. The van der Waals surface area contributed by atoms with Gasteiger partial charge in [-0.25, -0.2) is 0 Å². The number of anilines is 1. The number of piperidine rings is 1. The van der Waals surface area contributed by atoms with Crippen LogP contribution in [0, 0.1) is 12.8 Å². The Labute approximate surface area is 109 Å². The van der Waals surface area contributed by atoms with Crippen molar-refractivity contribution in [3.63, 3.8) is 0 Å². The number of aromatic nitrogens is 2. The molecule has 0 bridgehead atoms. The topological polar surface area (TPSA) is 56.3 Å². The number of methoxy groups -OCH3 is 1. The second-order valence-electron chi connectivity index (χ2n) is 5.20. The predicted molar refractivity (Wildman–Crippen MR) is 72.6 cm³/mol. The van der Waals surface area contributed by atoms with E-state index >= 15 is 0 Å². The summed E-state index contributed by atoms with van der Waals surface area (Å²) in [5, 5.41) is 4.48. The summed E-state index contributed by atoms with van der Waals surface area (Å²) in [5.74, 6) is 1.77. The van der Waals surface area contributed by atoms with Crippen LogP contribution in [-0.2, 0) is 18.3 Å². The van der Waals surface area contributed by atoms with E-state index in [0.717, 1.165) is 36.6 Å². The van der Waals surface area contributed by atoms with E-state index in [0.29, 0.717) is 18.6 Å². The highest BCUT2D eigenvalue weighted by molar-refractivity contribution is 5.50. The third-order valence-corrected chi connectivity index (χ3v) is 4.01. The molecular weight excluding hydrogens is 228 g/mol. The smallest absolute Gasteiger partial charge is 0.131 e. The van der Waals surface area contributed by atoms with Gasteiger partial charge in [-0.05, 0) is 19.3 Å². The van der Waals surface area contributed by atoms with Gasteiger partial charge in [-0.15, -0.1) is 0 Å². The lowest BCUT2D eigenvalue weighted by Gasteiger charge is -2.37. The largest absolute Gasteiger partial charge is 0.379 e. The molecule has 2 N–H and O–H groups in total. The van der Waals surface area contributed by atoms with Gasteiger partial charge in [-0.2, -0.15) is 5.10 Å². The number of hydrogen-bond acceptors (Lipinski definition) is 4. The molecular formula is C13H24N4O. The Bertz CT molecular complexity index is 415. The van der Waals surface area contributed by atoms with Crippen LogP contribution in [0.25, 0.3) is 0 Å². The van der Waals surface area contributed by atoms with Crippen molar-refractivity contribution in [2.45, 2.75) is 32.9 Å². The minimum Gasteiger partial charge on any atom is -0.379 e. The lowest BCUT2D eigenvalue weighted by Crippen LogP contribution is -2.45. The highest BCUT2D eigenvalue weighted by Crippen LogP contribution is 2.28. The first-order chi connectivity index (χ1) is 8.58. The quantitative estimate of drug-likeness (QED) is 0.873. The normalized spacial score (nSPS) is 24.6. The zero-order chi connectivity index (χ0) is 13.3. The number of aryl methyl sites for hydroxylation is 2. The van der Waals surface area contributed by atoms with Gasteiger partial charge in [0.25, 0.3) is 0 Å². The Hall–Kier alpha value is -1.07. The van der Waals surface area contributed by atoms with Crippen LogP contribution in [0.2, 0.25) is 0 Å². The Kier molecular flexibility index (Phi) is 3.92. The van der Waals surface area contributed by atoms with Crippen molar-refractivity contribution in [2.75, 3.05) is 25.1 Å². The maximum Gasteiger partial charge on any atom is 0.131 e. The maximum absolute atomic E-state index is 5.85. The van der Waals surface area contributed by atoms with E-state index in [9.17, 15) is 0 Å². The molecule has 0 saturated carbocycles. The number of hydrogen-bond donors (Lipinski definition) is 1. The number of nitrogens with zero attached hydrogens (tertiary/aromatic N) is 3. The Morgan fingerprint density at radius 1 is 1.50 bits per heavy atom. The first kappa shape index (κ1) is 13.4. The summed E-state index contributed by atoms with van der Waals surface area (Å²) in [5.41, 5.74) is 8.04. The zero-order valence-corrected chi connectivity index (χ0v) is 11.8. The molecule has 1 aliphatic rings. The molecule has 0 amide bonds. The molecule has 0 spiro atoms. The summed E-state index contributed by atoms with van der Waals surface area (Å²) in [4.78, 5) is 2.36. The molecule has 2 heterocycles. The predicted octanol–water partition coefficient (Wildman–Crippen LogP) is 1.05. The molecule has 0 aromatic carbocycles. The van der Waals surface area contributed by atoms with Crippen LogP contribution in [-0.4, -0.2) is 36.1 Å². The van der Waals surface area contributed by atoms with Crippen LogP contribution in [0.15, 0.2) is 0 Å². The van der Waals surface area contributed by atoms with Gasteiger partial charge in [0.1, 0.15) is 5.82 Å². The van der Waals surface area contributed by atoms with E-state index in [1.54, 1.807) is 7.11 Å². The molecule has 1 saturated heterocycles. The van der Waals surface area contributed by atoms with Crippen molar-refractivity contribution >= 4 is 5.82 Å². The number of ether oxygens (including phenoxy) is 1. The standard InChI is InChI=1S/C13H24N4O/c1-9-5-6-17(8-12(9)18-4)13-11(7-14)10(2)15-16(13)3/h9,12H,5-8,14H2,1-4H3. The van der Waals surface area contributed by atoms with Crippen LogP contribution < -0.4 is 10.6 Å². The van der Waals surface area contributed by atoms with Crippen LogP contribution in [0.5, 0.6) is 0 Å². The zero-order valence-electron chi connectivity index (χ0n) is 11.8. The molecule has 2 rings (SSSR count). The van der Waals surface area contributed by atoms with E-state index in [1.165, 1.54) is 0 Å². The van der Waals surface area contributed by atoms with Crippen molar-refractivity contribution in [3.05, 3.63) is 11.3 Å². The average molecular weight is 252 g/mol. The molecule has 2 unspecified atom stereocenters. The van der Waals surface area contributed by atoms with Gasteiger partial charge in [-0.3, -0.25) is 4.68 Å². The minimum atomic E-state index is 0.291. The Morgan fingerprint density at radius 2 is 2.22 bits per heavy atom. The molecule has 1 fully saturated rings. The SMILES string of the molecule is COC1CN(c2c(CN)c(C)nn2C)CCC1C. The molecule has 1 aliphatic heterocycles. The second-order valence-corrected chi connectivity index (χ2v) is 5.20. The third kappa shape index (κ3) is 2.24. The van der Waals surface area contributed by atoms with E-state index in [2.05, 4.69) is 16.9 Å². The van der Waals surface area contributed by atoms with E-state index in [1.807, 2.05) is 18.7 Å². The third-order valence-electron chi connectivity index (χ3n) is 4.01. The van der Waals surface area contributed by atoms with E-state index in [4.69, 9.17) is 10.5 Å². The van der Waals surface area contributed by atoms with Crippen LogP contribution in [0.4, 0.5) is 5.82 Å². The van der Waals surface area contributed by atoms with Gasteiger partial charge in [0.05, 0.1) is 11.8 Å². The lowest BCUT2D eigenvalue weighted by molar-refractivity contribution is 0.0494. The summed E-state index contributed by atoms with van der Waals surface area (Å²) < 4.78 is 7.52. The summed E-state index contributed by atoms with van der Waals surface area (Å²) in [7, 11) is 3.78. The van der Waals surface area contributed by atoms with Gasteiger partial charge in [0.15, 0.2) is 0 Å². The minimum absolute atomic E-state index is 0.291. The number of nitrogens with two attached hydrogens (primary N) is 1. The van der Waals surface area contributed by atoms with Gasteiger partial charge < -0.3 is 15.4 Å². The second kappa shape index (κ2) is 5.28. The molecule has 5 heteroatoms. The van der Waals surface area contributed by atoms with Crippen molar-refractivity contribution < 1.29 is 4.74 Å². The summed E-state index contributed by atoms with van der Waals surface area (Å²) >= 11 is 0. The van der Waals surface area contributed by atoms with Crippen LogP contribution in [0.1, 0.15) is 24.6 Å². The molecule has 18 heavy (non-hydrogen) atoms. The van der Waals surface area contributed by atoms with Crippen molar-refractivity contribution in [1.29, 1.82) is 0 Å². The maximum atomic E-state index is 5.85. The molecule has 102 valence electrons. The highest BCUT2D eigenvalue weighted by atomic mass is 16.5. The fourth-order valence-electron chi connectivity index (χ4n) is 2.86. The summed E-state index contributed by atoms with van der Waals surface area (Å²) in [6, 6.07) is 0. The molecule has 1 aromatic rings. The van der Waals surface area contributed by atoms with Gasteiger partial charge in [0.2, 0.25) is 0 Å². The first-order valence-electron chi connectivity index (χ1n) is 6.58. The fourth-order valence-corrected chi connectivity index (χ4v) is 2.86. The fraction of sp³-hybridized carbons (Fsp3) is 0.769. The number of rotatable bonds is 3. The van der Waals surface area contributed by atoms with Gasteiger partial charge in [-0.1, -0.05) is 6.92 Å². The molecule has 0 radical (unpaired) electrons. The summed E-state index contributed by atoms with van der Waals surface area (Å²) in [6.07, 6.45) is 1.44. The Balaban J connectivity index is 2.26. The molecule has 5 nitrogen and oxygen atoms in total. The van der Waals surface area contributed by atoms with Crippen molar-refractivity contribution in [1.82, 2.24) is 9.78 Å². The van der Waals surface area contributed by atoms with Crippen LogP contribution >= 0.6 is 0 Å². The Morgan fingerprint density at radius 3 is 2.83 bits per heavy atom. The van der Waals surface area contributed by atoms with Crippen LogP contribution in [0.3, 0.4) is 0 Å². The van der Waals surface area contributed by atoms with Gasteiger partial charge >= 0.3 is 0 Å². The highest BCUT2D eigenvalue weighted by Gasteiger charge is 2.29. The van der Waals surface area contributed by atoms with Gasteiger partial charge in [0, 0.05) is 39.4 Å². The van der Waals surface area contributed by atoms with E-state index < -0.39 is 0 Å². The van der Waals surface area contributed by atoms with Crippen molar-refractivity contribution in [3.8, 4) is 0 Å². The molecule has 1 aromatic heterocycles. The van der Waals surface area contributed by atoms with Crippen molar-refractivity contribution in [2.24, 2.45) is 18.7 Å². The molecule has 2 atom stereocenters. The van der Waals surface area contributed by atoms with E-state index in [-0.39, 0.29) is 0 Å². The monoisotopic (exact) mass is 252 g/mol. The summed E-state index contributed by atoms with van der Waals surface area (Å²) in [6.45, 7) is 6.78. The lowest BCUT2D eigenvalue weighted by atomic mass is 9.95. The average Bonchev–Trinajstić information content (AvgIpc) is 2.64.